The van der Waals surface area contributed by atoms with Crippen molar-refractivity contribution >= 4 is 33.2 Å². The summed E-state index contributed by atoms with van der Waals surface area (Å²) < 4.78 is 1.25. The van der Waals surface area contributed by atoms with Gasteiger partial charge in [0.25, 0.3) is 0 Å². The Bertz CT molecular complexity index is 705. The molecular formula is C17H17ClN2S. The van der Waals surface area contributed by atoms with Crippen LogP contribution in [0.5, 0.6) is 0 Å². The molecule has 3 rings (SSSR count). The van der Waals surface area contributed by atoms with Crippen LogP contribution < -0.4 is 5.32 Å². The maximum atomic E-state index is 6.25. The zero-order valence-corrected chi connectivity index (χ0v) is 13.4. The van der Waals surface area contributed by atoms with Crippen LogP contribution >= 0.6 is 22.9 Å². The fourth-order valence-corrected chi connectivity index (χ4v) is 3.68. The molecule has 2 nitrogen and oxygen atoms in total. The largest absolute Gasteiger partial charge is 0.316 e. The molecule has 0 saturated heterocycles. The van der Waals surface area contributed by atoms with Gasteiger partial charge in [0.05, 0.1) is 15.2 Å². The number of aromatic nitrogens is 1. The molecule has 0 radical (unpaired) electrons. The van der Waals surface area contributed by atoms with Crippen LogP contribution in [0.25, 0.3) is 10.2 Å². The molecule has 1 N–H and O–H groups in total. The Hall–Kier alpha value is -1.42. The molecule has 1 aromatic heterocycles. The third kappa shape index (κ3) is 3.43. The minimum atomic E-state index is 0.338. The van der Waals surface area contributed by atoms with E-state index >= 15 is 0 Å². The van der Waals surface area contributed by atoms with Gasteiger partial charge in [-0.15, -0.1) is 11.3 Å². The zero-order chi connectivity index (χ0) is 14.7. The molecule has 0 aliphatic carbocycles. The molecule has 1 heterocycles. The summed E-state index contributed by atoms with van der Waals surface area (Å²) in [5.74, 6) is 0. The Balaban J connectivity index is 1.76. The molecule has 1 unspecified atom stereocenters. The Morgan fingerprint density at radius 1 is 1.10 bits per heavy atom. The number of rotatable bonds is 5. The third-order valence-corrected chi connectivity index (χ3v) is 5.02. The van der Waals surface area contributed by atoms with E-state index in [1.807, 2.05) is 31.3 Å². The average Bonchev–Trinajstić information content (AvgIpc) is 2.91. The number of fused-ring (bicyclic) bond motifs is 1. The van der Waals surface area contributed by atoms with Gasteiger partial charge in [-0.2, -0.15) is 0 Å². The lowest BCUT2D eigenvalue weighted by Crippen LogP contribution is -2.29. The number of likely N-dealkylation sites (N-methyl/N-ethyl adjacent to an activating group) is 1. The van der Waals surface area contributed by atoms with E-state index in [-0.39, 0.29) is 0 Å². The minimum absolute atomic E-state index is 0.338. The van der Waals surface area contributed by atoms with Crippen LogP contribution in [0.15, 0.2) is 48.5 Å². The molecule has 0 spiro atoms. The predicted octanol–water partition coefficient (Wildman–Crippen LogP) is 4.32. The lowest BCUT2D eigenvalue weighted by atomic mass is 10.0. The lowest BCUT2D eigenvalue weighted by Gasteiger charge is -2.15. The smallest absolute Gasteiger partial charge is 0.0954 e. The topological polar surface area (TPSA) is 24.9 Å². The van der Waals surface area contributed by atoms with Crippen LogP contribution in [-0.4, -0.2) is 18.1 Å². The van der Waals surface area contributed by atoms with Gasteiger partial charge in [0.15, 0.2) is 0 Å². The van der Waals surface area contributed by atoms with Crippen LogP contribution in [-0.2, 0) is 12.8 Å². The molecule has 108 valence electrons. The van der Waals surface area contributed by atoms with Gasteiger partial charge >= 0.3 is 0 Å². The fourth-order valence-electron chi connectivity index (χ4n) is 2.42. The van der Waals surface area contributed by atoms with Crippen molar-refractivity contribution in [3.8, 4) is 0 Å². The van der Waals surface area contributed by atoms with Gasteiger partial charge < -0.3 is 5.32 Å². The molecular weight excluding hydrogens is 300 g/mol. The molecule has 0 aliphatic heterocycles. The highest BCUT2D eigenvalue weighted by atomic mass is 35.5. The van der Waals surface area contributed by atoms with E-state index in [4.69, 9.17) is 16.6 Å². The van der Waals surface area contributed by atoms with Gasteiger partial charge in [-0.25, -0.2) is 4.98 Å². The molecule has 1 atom stereocenters. The number of benzene rings is 2. The first kappa shape index (κ1) is 14.5. The van der Waals surface area contributed by atoms with E-state index in [2.05, 4.69) is 29.6 Å². The highest BCUT2D eigenvalue weighted by Gasteiger charge is 2.13. The van der Waals surface area contributed by atoms with Gasteiger partial charge in [-0.05, 0) is 37.2 Å². The molecule has 2 aromatic carbocycles. The molecule has 21 heavy (non-hydrogen) atoms. The van der Waals surface area contributed by atoms with Crippen LogP contribution in [0.3, 0.4) is 0 Å². The van der Waals surface area contributed by atoms with Crippen molar-refractivity contribution in [1.82, 2.24) is 10.3 Å². The molecule has 4 heteroatoms. The van der Waals surface area contributed by atoms with Gasteiger partial charge in [0.2, 0.25) is 0 Å². The Morgan fingerprint density at radius 2 is 1.86 bits per heavy atom. The number of thiazole rings is 1. The highest BCUT2D eigenvalue weighted by Crippen LogP contribution is 2.24. The molecule has 0 fully saturated rings. The normalized spacial score (nSPS) is 12.7. The van der Waals surface area contributed by atoms with Crippen molar-refractivity contribution in [2.24, 2.45) is 0 Å². The van der Waals surface area contributed by atoms with E-state index < -0.39 is 0 Å². The quantitative estimate of drug-likeness (QED) is 0.758. The first-order chi connectivity index (χ1) is 10.3. The summed E-state index contributed by atoms with van der Waals surface area (Å²) >= 11 is 8.02. The second kappa shape index (κ2) is 6.56. The average molecular weight is 317 g/mol. The third-order valence-electron chi connectivity index (χ3n) is 3.59. The Labute approximate surface area is 133 Å². The summed E-state index contributed by atoms with van der Waals surface area (Å²) in [6, 6.07) is 16.7. The van der Waals surface area contributed by atoms with Crippen LogP contribution in [0.1, 0.15) is 10.6 Å². The number of hydrogen-bond donors (Lipinski definition) is 1. The lowest BCUT2D eigenvalue weighted by molar-refractivity contribution is 0.555. The highest BCUT2D eigenvalue weighted by molar-refractivity contribution is 7.18. The maximum absolute atomic E-state index is 6.25. The van der Waals surface area contributed by atoms with Gasteiger partial charge in [-0.3, -0.25) is 0 Å². The van der Waals surface area contributed by atoms with E-state index in [1.54, 1.807) is 11.3 Å². The van der Waals surface area contributed by atoms with Crippen LogP contribution in [0.2, 0.25) is 5.02 Å². The van der Waals surface area contributed by atoms with E-state index in [0.29, 0.717) is 6.04 Å². The standard InChI is InChI=1S/C17H17ClN2S/c1-19-13(10-12-6-2-3-7-14(12)18)11-17-20-15-8-4-5-9-16(15)21-17/h2-9,13,19H,10-11H2,1H3. The van der Waals surface area contributed by atoms with Crippen molar-refractivity contribution in [3.05, 3.63) is 64.1 Å². The Kier molecular flexibility index (Phi) is 4.54. The second-order valence-corrected chi connectivity index (χ2v) is 6.58. The molecule has 0 aliphatic rings. The van der Waals surface area contributed by atoms with Crippen LogP contribution in [0, 0.1) is 0 Å². The van der Waals surface area contributed by atoms with Crippen molar-refractivity contribution in [1.29, 1.82) is 0 Å². The second-order valence-electron chi connectivity index (χ2n) is 5.06. The number of nitrogens with zero attached hydrogens (tertiary/aromatic N) is 1. The van der Waals surface area contributed by atoms with Crippen LogP contribution in [0.4, 0.5) is 0 Å². The summed E-state index contributed by atoms with van der Waals surface area (Å²) in [6.07, 6.45) is 1.83. The minimum Gasteiger partial charge on any atom is -0.316 e. The summed E-state index contributed by atoms with van der Waals surface area (Å²) in [6.45, 7) is 0. The Morgan fingerprint density at radius 3 is 2.62 bits per heavy atom. The van der Waals surface area contributed by atoms with E-state index in [9.17, 15) is 0 Å². The van der Waals surface area contributed by atoms with Gasteiger partial charge in [-0.1, -0.05) is 41.9 Å². The number of halogens is 1. The summed E-state index contributed by atoms with van der Waals surface area (Å²) in [5, 5.41) is 5.38. The maximum Gasteiger partial charge on any atom is 0.0954 e. The number of hydrogen-bond acceptors (Lipinski definition) is 3. The fraction of sp³-hybridized carbons (Fsp3) is 0.235. The first-order valence-electron chi connectivity index (χ1n) is 7.01. The molecule has 0 saturated carbocycles. The van der Waals surface area contributed by atoms with Gasteiger partial charge in [0.1, 0.15) is 0 Å². The first-order valence-corrected chi connectivity index (χ1v) is 8.21. The van der Waals surface area contributed by atoms with Crippen molar-refractivity contribution in [2.75, 3.05) is 7.05 Å². The SMILES string of the molecule is CNC(Cc1nc2ccccc2s1)Cc1ccccc1Cl. The monoisotopic (exact) mass is 316 g/mol. The number of nitrogens with one attached hydrogen (secondary N) is 1. The number of para-hydroxylation sites is 1. The van der Waals surface area contributed by atoms with E-state index in [0.717, 1.165) is 23.4 Å². The molecule has 0 amide bonds. The van der Waals surface area contributed by atoms with Crippen molar-refractivity contribution < 1.29 is 0 Å². The summed E-state index contributed by atoms with van der Waals surface area (Å²) in [7, 11) is 1.99. The summed E-state index contributed by atoms with van der Waals surface area (Å²) in [5.41, 5.74) is 2.27. The van der Waals surface area contributed by atoms with Crippen molar-refractivity contribution in [3.63, 3.8) is 0 Å². The molecule has 3 aromatic rings. The zero-order valence-electron chi connectivity index (χ0n) is 11.8. The van der Waals surface area contributed by atoms with Crippen molar-refractivity contribution in [2.45, 2.75) is 18.9 Å². The van der Waals surface area contributed by atoms with E-state index in [1.165, 1.54) is 15.3 Å². The molecule has 0 bridgehead atoms. The predicted molar refractivity (Wildman–Crippen MR) is 91.3 cm³/mol. The summed E-state index contributed by atoms with van der Waals surface area (Å²) in [4.78, 5) is 4.71. The van der Waals surface area contributed by atoms with Gasteiger partial charge in [0, 0.05) is 17.5 Å².